The lowest BCUT2D eigenvalue weighted by molar-refractivity contribution is -0.120. The lowest BCUT2D eigenvalue weighted by Gasteiger charge is -2.09. The van der Waals surface area contributed by atoms with Gasteiger partial charge in [-0.3, -0.25) is 4.79 Å². The van der Waals surface area contributed by atoms with Crippen LogP contribution in [0.5, 0.6) is 0 Å². The Hall–Kier alpha value is -1.87. The zero-order valence-corrected chi connectivity index (χ0v) is 11.9. The minimum absolute atomic E-state index is 0.0750. The van der Waals surface area contributed by atoms with E-state index in [-0.39, 0.29) is 11.9 Å². The first-order valence-electron chi connectivity index (χ1n) is 7.16. The van der Waals surface area contributed by atoms with Gasteiger partial charge in [-0.05, 0) is 36.1 Å². The molecule has 0 aromatic heterocycles. The quantitative estimate of drug-likeness (QED) is 0.793. The summed E-state index contributed by atoms with van der Waals surface area (Å²) in [5.74, 6) is 0.0750. The molecule has 3 nitrogen and oxygen atoms in total. The average Bonchev–Trinajstić information content (AvgIpc) is 2.44. The predicted octanol–water partition coefficient (Wildman–Crippen LogP) is 2.63. The highest BCUT2D eigenvalue weighted by Gasteiger charge is 2.06. The average molecular weight is 270 g/mol. The number of hydrogen-bond acceptors (Lipinski definition) is 2. The summed E-state index contributed by atoms with van der Waals surface area (Å²) in [6.45, 7) is 2.68. The van der Waals surface area contributed by atoms with E-state index in [1.165, 1.54) is 5.39 Å². The molecular formula is C17H22N2O. The van der Waals surface area contributed by atoms with Crippen molar-refractivity contribution in [3.63, 3.8) is 0 Å². The SMILES string of the molecule is CC(N)CCCNC(=O)Cc1cccc2ccccc12. The summed E-state index contributed by atoms with van der Waals surface area (Å²) < 4.78 is 0. The summed E-state index contributed by atoms with van der Waals surface area (Å²) in [5, 5.41) is 5.29. The Balaban J connectivity index is 1.93. The molecule has 2 rings (SSSR count). The summed E-state index contributed by atoms with van der Waals surface area (Å²) in [7, 11) is 0. The molecule has 0 saturated heterocycles. The standard InChI is InChI=1S/C17H22N2O/c1-13(18)6-5-11-19-17(20)12-15-9-4-8-14-7-2-3-10-16(14)15/h2-4,7-10,13H,5-6,11-12,18H2,1H3,(H,19,20). The molecule has 0 saturated carbocycles. The van der Waals surface area contributed by atoms with Crippen molar-refractivity contribution < 1.29 is 4.79 Å². The van der Waals surface area contributed by atoms with Gasteiger partial charge < -0.3 is 11.1 Å². The summed E-state index contributed by atoms with van der Waals surface area (Å²) in [4.78, 5) is 12.0. The van der Waals surface area contributed by atoms with Gasteiger partial charge in [0.25, 0.3) is 0 Å². The molecule has 3 heteroatoms. The monoisotopic (exact) mass is 270 g/mol. The van der Waals surface area contributed by atoms with Crippen molar-refractivity contribution in [3.05, 3.63) is 48.0 Å². The van der Waals surface area contributed by atoms with Crippen LogP contribution in [0.2, 0.25) is 0 Å². The highest BCUT2D eigenvalue weighted by Crippen LogP contribution is 2.18. The van der Waals surface area contributed by atoms with Crippen molar-refractivity contribution in [1.29, 1.82) is 0 Å². The van der Waals surface area contributed by atoms with Gasteiger partial charge in [0.2, 0.25) is 5.91 Å². The minimum Gasteiger partial charge on any atom is -0.356 e. The lowest BCUT2D eigenvalue weighted by Crippen LogP contribution is -2.27. The third kappa shape index (κ3) is 4.07. The van der Waals surface area contributed by atoms with E-state index < -0.39 is 0 Å². The molecule has 0 heterocycles. The maximum atomic E-state index is 12.0. The molecule has 1 amide bonds. The molecule has 2 aromatic carbocycles. The maximum Gasteiger partial charge on any atom is 0.224 e. The molecule has 0 spiro atoms. The number of nitrogens with two attached hydrogens (primary N) is 1. The third-order valence-electron chi connectivity index (χ3n) is 3.39. The van der Waals surface area contributed by atoms with Gasteiger partial charge in [-0.2, -0.15) is 0 Å². The number of benzene rings is 2. The van der Waals surface area contributed by atoms with E-state index in [4.69, 9.17) is 5.73 Å². The molecule has 0 bridgehead atoms. The second-order valence-corrected chi connectivity index (χ2v) is 5.28. The maximum absolute atomic E-state index is 12.0. The topological polar surface area (TPSA) is 55.1 Å². The molecule has 1 atom stereocenters. The highest BCUT2D eigenvalue weighted by atomic mass is 16.1. The van der Waals surface area contributed by atoms with Crippen LogP contribution in [0.15, 0.2) is 42.5 Å². The zero-order chi connectivity index (χ0) is 14.4. The molecule has 106 valence electrons. The molecule has 0 radical (unpaired) electrons. The van der Waals surface area contributed by atoms with Crippen molar-refractivity contribution >= 4 is 16.7 Å². The van der Waals surface area contributed by atoms with Gasteiger partial charge in [0.1, 0.15) is 0 Å². The second kappa shape index (κ2) is 7.06. The van der Waals surface area contributed by atoms with Crippen molar-refractivity contribution in [1.82, 2.24) is 5.32 Å². The van der Waals surface area contributed by atoms with Crippen LogP contribution < -0.4 is 11.1 Å². The molecule has 2 aromatic rings. The number of carbonyl (C=O) groups is 1. The van der Waals surface area contributed by atoms with Gasteiger partial charge in [0.15, 0.2) is 0 Å². The van der Waals surface area contributed by atoms with Crippen molar-refractivity contribution in [3.8, 4) is 0 Å². The largest absolute Gasteiger partial charge is 0.356 e. The van der Waals surface area contributed by atoms with Crippen molar-refractivity contribution in [2.75, 3.05) is 6.54 Å². The molecular weight excluding hydrogens is 248 g/mol. The van der Waals surface area contributed by atoms with E-state index >= 15 is 0 Å². The first-order valence-corrected chi connectivity index (χ1v) is 7.16. The van der Waals surface area contributed by atoms with Gasteiger partial charge in [-0.1, -0.05) is 42.5 Å². The van der Waals surface area contributed by atoms with Crippen LogP contribution >= 0.6 is 0 Å². The molecule has 20 heavy (non-hydrogen) atoms. The van der Waals surface area contributed by atoms with Crippen LogP contribution in [-0.4, -0.2) is 18.5 Å². The number of carbonyl (C=O) groups excluding carboxylic acids is 1. The lowest BCUT2D eigenvalue weighted by atomic mass is 10.0. The Bertz CT molecular complexity index is 573. The molecule has 0 fully saturated rings. The number of hydrogen-bond donors (Lipinski definition) is 2. The second-order valence-electron chi connectivity index (χ2n) is 5.28. The molecule has 0 aliphatic carbocycles. The van der Waals surface area contributed by atoms with Gasteiger partial charge in [-0.15, -0.1) is 0 Å². The first-order chi connectivity index (χ1) is 9.66. The number of rotatable bonds is 6. The Morgan fingerprint density at radius 1 is 1.20 bits per heavy atom. The summed E-state index contributed by atoms with van der Waals surface area (Å²) >= 11 is 0. The zero-order valence-electron chi connectivity index (χ0n) is 11.9. The van der Waals surface area contributed by atoms with Crippen LogP contribution in [0.4, 0.5) is 0 Å². The van der Waals surface area contributed by atoms with E-state index in [1.54, 1.807) is 0 Å². The first kappa shape index (κ1) is 14.5. The molecule has 0 aliphatic heterocycles. The summed E-state index contributed by atoms with van der Waals surface area (Å²) in [6, 6.07) is 14.4. The van der Waals surface area contributed by atoms with Gasteiger partial charge in [0, 0.05) is 12.6 Å². The van der Waals surface area contributed by atoms with Gasteiger partial charge >= 0.3 is 0 Å². The number of nitrogens with one attached hydrogen (secondary N) is 1. The van der Waals surface area contributed by atoms with Crippen LogP contribution in [0.25, 0.3) is 10.8 Å². The van der Waals surface area contributed by atoms with Crippen LogP contribution in [0.3, 0.4) is 0 Å². The fourth-order valence-electron chi connectivity index (χ4n) is 2.33. The Morgan fingerprint density at radius 3 is 2.75 bits per heavy atom. The van der Waals surface area contributed by atoms with Crippen molar-refractivity contribution in [2.24, 2.45) is 5.73 Å². The summed E-state index contributed by atoms with van der Waals surface area (Å²) in [5.41, 5.74) is 6.76. The highest BCUT2D eigenvalue weighted by molar-refractivity contribution is 5.90. The normalized spacial score (nSPS) is 12.3. The summed E-state index contributed by atoms with van der Waals surface area (Å²) in [6.07, 6.45) is 2.30. The van der Waals surface area contributed by atoms with Crippen molar-refractivity contribution in [2.45, 2.75) is 32.2 Å². The van der Waals surface area contributed by atoms with E-state index in [0.717, 1.165) is 23.8 Å². The van der Waals surface area contributed by atoms with Crippen LogP contribution in [0, 0.1) is 0 Å². The predicted molar refractivity (Wildman–Crippen MR) is 83.5 cm³/mol. The van der Waals surface area contributed by atoms with Crippen LogP contribution in [-0.2, 0) is 11.2 Å². The molecule has 1 unspecified atom stereocenters. The third-order valence-corrected chi connectivity index (χ3v) is 3.39. The smallest absolute Gasteiger partial charge is 0.224 e. The number of fused-ring (bicyclic) bond motifs is 1. The van der Waals surface area contributed by atoms with E-state index in [2.05, 4.69) is 23.5 Å². The van der Waals surface area contributed by atoms with E-state index in [9.17, 15) is 4.79 Å². The molecule has 3 N–H and O–H groups in total. The van der Waals surface area contributed by atoms with E-state index in [0.29, 0.717) is 13.0 Å². The van der Waals surface area contributed by atoms with Crippen LogP contribution in [0.1, 0.15) is 25.3 Å². The number of amides is 1. The van der Waals surface area contributed by atoms with Gasteiger partial charge in [-0.25, -0.2) is 0 Å². The van der Waals surface area contributed by atoms with E-state index in [1.807, 2.05) is 31.2 Å². The fourth-order valence-corrected chi connectivity index (χ4v) is 2.33. The molecule has 0 aliphatic rings. The van der Waals surface area contributed by atoms with Gasteiger partial charge in [0.05, 0.1) is 6.42 Å². The fraction of sp³-hybridized carbons (Fsp3) is 0.353. The minimum atomic E-state index is 0.0750. The Morgan fingerprint density at radius 2 is 1.95 bits per heavy atom. The Kier molecular flexibility index (Phi) is 5.13. The Labute approximate surface area is 120 Å².